The van der Waals surface area contributed by atoms with Gasteiger partial charge in [0.15, 0.2) is 5.78 Å². The lowest BCUT2D eigenvalue weighted by molar-refractivity contribution is -0.128. The van der Waals surface area contributed by atoms with Crippen LogP contribution in [0.25, 0.3) is 11.3 Å². The van der Waals surface area contributed by atoms with Crippen molar-refractivity contribution in [1.82, 2.24) is 15.1 Å². The average Bonchev–Trinajstić information content (AvgIpc) is 3.37. The number of hydrogen-bond donors (Lipinski definition) is 2. The van der Waals surface area contributed by atoms with Crippen molar-refractivity contribution in [3.05, 3.63) is 76.4 Å². The van der Waals surface area contributed by atoms with E-state index in [1.807, 2.05) is 45.0 Å². The van der Waals surface area contributed by atoms with Gasteiger partial charge in [-0.2, -0.15) is 5.10 Å². The topological polar surface area (TPSA) is 86.3 Å². The fourth-order valence-electron chi connectivity index (χ4n) is 6.67. The highest BCUT2D eigenvalue weighted by Crippen LogP contribution is 2.44. The molecule has 2 aliphatic rings. The Morgan fingerprint density at radius 3 is 2.48 bits per heavy atom. The van der Waals surface area contributed by atoms with Crippen LogP contribution in [-0.2, 0) is 10.2 Å². The number of carbonyl (C=O) groups is 2. The number of benzene rings is 2. The van der Waals surface area contributed by atoms with Gasteiger partial charge >= 0.3 is 0 Å². The average molecular weight is 598 g/mol. The Kier molecular flexibility index (Phi) is 8.45. The molecule has 0 spiro atoms. The zero-order valence-electron chi connectivity index (χ0n) is 24.4. The molecule has 2 heterocycles. The lowest BCUT2D eigenvalue weighted by atomic mass is 9.68. The fraction of sp³-hybridized carbons (Fsp3) is 0.485. The van der Waals surface area contributed by atoms with Gasteiger partial charge in [0.1, 0.15) is 23.1 Å². The minimum absolute atomic E-state index is 0.0812. The van der Waals surface area contributed by atoms with Crippen molar-refractivity contribution >= 4 is 23.2 Å². The number of halogens is 3. The first-order valence-electron chi connectivity index (χ1n) is 14.5. The van der Waals surface area contributed by atoms with Crippen molar-refractivity contribution in [1.29, 1.82) is 0 Å². The molecule has 1 saturated heterocycles. The molecule has 1 aliphatic heterocycles. The summed E-state index contributed by atoms with van der Waals surface area (Å²) in [7, 11) is 0. The smallest absolute Gasteiger partial charge is 0.181 e. The summed E-state index contributed by atoms with van der Waals surface area (Å²) in [5, 5.41) is 17.8. The minimum atomic E-state index is -0.758. The summed E-state index contributed by atoms with van der Waals surface area (Å²) in [6.45, 7) is 7.15. The van der Waals surface area contributed by atoms with Crippen molar-refractivity contribution in [3.8, 4) is 11.3 Å². The van der Waals surface area contributed by atoms with Gasteiger partial charge in [-0.3, -0.25) is 19.6 Å². The summed E-state index contributed by atoms with van der Waals surface area (Å²) >= 11 is 6.22. The van der Waals surface area contributed by atoms with Gasteiger partial charge in [0.05, 0.1) is 11.3 Å². The van der Waals surface area contributed by atoms with Crippen molar-refractivity contribution in [2.75, 3.05) is 13.1 Å². The maximum absolute atomic E-state index is 14.3. The summed E-state index contributed by atoms with van der Waals surface area (Å²) < 4.78 is 27.7. The van der Waals surface area contributed by atoms with E-state index in [4.69, 9.17) is 11.6 Å². The standard InChI is InChI=1S/C33H38ClF2N3O3/c1-31(2,21-5-4-6-22(34)13-21)16-25(40)17-33(19-39(20-33)24-9-11-32(3,42)12-10-24)18-30(41)29-15-28(37-38-29)26-8-7-23(35)14-27(26)36/h4-8,13-15,24,42H,9-12,16-20H2,1-3H3,(H,37,38). The largest absolute Gasteiger partial charge is 0.390 e. The van der Waals surface area contributed by atoms with E-state index < -0.39 is 28.1 Å². The van der Waals surface area contributed by atoms with E-state index in [1.165, 1.54) is 12.1 Å². The quantitative estimate of drug-likeness (QED) is 0.248. The number of aromatic nitrogens is 2. The summed E-state index contributed by atoms with van der Waals surface area (Å²) in [4.78, 5) is 29.4. The molecule has 0 amide bonds. The first kappa shape index (κ1) is 30.5. The molecule has 0 radical (unpaired) electrons. The van der Waals surface area contributed by atoms with Crippen LogP contribution in [0.1, 0.15) is 81.8 Å². The number of likely N-dealkylation sites (tertiary alicyclic amines) is 1. The van der Waals surface area contributed by atoms with E-state index in [1.54, 1.807) is 0 Å². The van der Waals surface area contributed by atoms with Gasteiger partial charge in [-0.1, -0.05) is 37.6 Å². The molecular formula is C33H38ClF2N3O3. The fourth-order valence-corrected chi connectivity index (χ4v) is 6.86. The normalized spacial score (nSPS) is 22.5. The molecule has 2 fully saturated rings. The maximum Gasteiger partial charge on any atom is 0.181 e. The van der Waals surface area contributed by atoms with Gasteiger partial charge in [-0.05, 0) is 73.9 Å². The molecular weight excluding hydrogens is 560 g/mol. The summed E-state index contributed by atoms with van der Waals surface area (Å²) in [5.74, 6) is -1.57. The van der Waals surface area contributed by atoms with Crippen molar-refractivity contribution < 1.29 is 23.5 Å². The SMILES string of the molecule is CC1(O)CCC(N2CC(CC(=O)CC(C)(C)c3cccc(Cl)c3)(CC(=O)c3cc(-c4ccc(F)cc4F)n[nH]3)C2)CC1. The summed E-state index contributed by atoms with van der Waals surface area (Å²) in [6, 6.07) is 12.6. The van der Waals surface area contributed by atoms with E-state index in [9.17, 15) is 23.5 Å². The molecule has 42 heavy (non-hydrogen) atoms. The second kappa shape index (κ2) is 11.6. The molecule has 2 N–H and O–H groups in total. The number of carbonyl (C=O) groups excluding carboxylic acids is 2. The van der Waals surface area contributed by atoms with E-state index in [2.05, 4.69) is 15.1 Å². The lowest BCUT2D eigenvalue weighted by Crippen LogP contribution is -2.62. The number of Topliss-reactive ketones (excluding diaryl/α,β-unsaturated/α-hetero) is 2. The van der Waals surface area contributed by atoms with Crippen LogP contribution in [-0.4, -0.2) is 56.5 Å². The van der Waals surface area contributed by atoms with Gasteiger partial charge in [0.25, 0.3) is 0 Å². The predicted octanol–water partition coefficient (Wildman–Crippen LogP) is 6.90. The summed E-state index contributed by atoms with van der Waals surface area (Å²) in [5.41, 5.74) is -0.0772. The van der Waals surface area contributed by atoms with Gasteiger partial charge in [0.2, 0.25) is 0 Å². The van der Waals surface area contributed by atoms with Crippen molar-refractivity contribution in [2.45, 2.75) is 82.8 Å². The Hall–Kier alpha value is -2.94. The minimum Gasteiger partial charge on any atom is -0.390 e. The molecule has 0 atom stereocenters. The number of aromatic amines is 1. The van der Waals surface area contributed by atoms with Gasteiger partial charge in [-0.25, -0.2) is 8.78 Å². The maximum atomic E-state index is 14.3. The zero-order valence-corrected chi connectivity index (χ0v) is 25.1. The molecule has 5 rings (SSSR count). The van der Waals surface area contributed by atoms with Crippen molar-refractivity contribution in [2.24, 2.45) is 5.41 Å². The van der Waals surface area contributed by atoms with Gasteiger partial charge < -0.3 is 5.11 Å². The van der Waals surface area contributed by atoms with Crippen LogP contribution >= 0.6 is 11.6 Å². The third-order valence-corrected chi connectivity index (χ3v) is 9.30. The first-order chi connectivity index (χ1) is 19.7. The first-order valence-corrected chi connectivity index (χ1v) is 14.9. The molecule has 3 aromatic rings. The zero-order chi connectivity index (χ0) is 30.3. The number of nitrogens with zero attached hydrogens (tertiary/aromatic N) is 2. The van der Waals surface area contributed by atoms with Crippen LogP contribution in [0.3, 0.4) is 0 Å². The third kappa shape index (κ3) is 6.82. The van der Waals surface area contributed by atoms with Crippen LogP contribution in [0, 0.1) is 17.0 Å². The van der Waals surface area contributed by atoms with Crippen LogP contribution in [0.2, 0.25) is 5.02 Å². The molecule has 1 aromatic heterocycles. The molecule has 1 saturated carbocycles. The lowest BCUT2D eigenvalue weighted by Gasteiger charge is -2.55. The molecule has 0 bridgehead atoms. The Balaban J connectivity index is 1.31. The number of rotatable bonds is 10. The Morgan fingerprint density at radius 1 is 1.10 bits per heavy atom. The van der Waals surface area contributed by atoms with Crippen LogP contribution in [0.4, 0.5) is 8.78 Å². The molecule has 2 aromatic carbocycles. The monoisotopic (exact) mass is 597 g/mol. The molecule has 0 unspecified atom stereocenters. The highest BCUT2D eigenvalue weighted by atomic mass is 35.5. The Bertz CT molecular complexity index is 1470. The van der Waals surface area contributed by atoms with Crippen LogP contribution in [0.15, 0.2) is 48.5 Å². The third-order valence-electron chi connectivity index (χ3n) is 9.06. The van der Waals surface area contributed by atoms with E-state index in [0.29, 0.717) is 30.6 Å². The summed E-state index contributed by atoms with van der Waals surface area (Å²) in [6.07, 6.45) is 3.92. The van der Waals surface area contributed by atoms with E-state index >= 15 is 0 Å². The van der Waals surface area contributed by atoms with Crippen LogP contribution < -0.4 is 0 Å². The Labute approximate surface area is 250 Å². The molecule has 224 valence electrons. The Morgan fingerprint density at radius 2 is 1.81 bits per heavy atom. The number of hydrogen-bond acceptors (Lipinski definition) is 5. The van der Waals surface area contributed by atoms with E-state index in [-0.39, 0.29) is 41.4 Å². The van der Waals surface area contributed by atoms with Crippen molar-refractivity contribution in [3.63, 3.8) is 0 Å². The van der Waals surface area contributed by atoms with E-state index in [0.717, 1.165) is 43.4 Å². The highest BCUT2D eigenvalue weighted by Gasteiger charge is 2.49. The second-order valence-corrected chi connectivity index (χ2v) is 13.7. The highest BCUT2D eigenvalue weighted by molar-refractivity contribution is 6.30. The van der Waals surface area contributed by atoms with Gasteiger partial charge in [-0.15, -0.1) is 0 Å². The molecule has 9 heteroatoms. The number of nitrogens with one attached hydrogen (secondary N) is 1. The number of ketones is 2. The second-order valence-electron chi connectivity index (χ2n) is 13.3. The molecule has 6 nitrogen and oxygen atoms in total. The predicted molar refractivity (Wildman–Crippen MR) is 158 cm³/mol. The van der Waals surface area contributed by atoms with Crippen LogP contribution in [0.5, 0.6) is 0 Å². The number of H-pyrrole nitrogens is 1. The number of aliphatic hydroxyl groups is 1. The van der Waals surface area contributed by atoms with Gasteiger partial charge in [0, 0.05) is 60.5 Å². The molecule has 1 aliphatic carbocycles.